The van der Waals surface area contributed by atoms with Gasteiger partial charge in [0.25, 0.3) is 5.91 Å². The van der Waals surface area contributed by atoms with Gasteiger partial charge in [-0.05, 0) is 48.5 Å². The van der Waals surface area contributed by atoms with Crippen molar-refractivity contribution < 1.29 is 14.0 Å². The van der Waals surface area contributed by atoms with E-state index in [0.29, 0.717) is 11.4 Å². The molecule has 31 heavy (non-hydrogen) atoms. The average molecular weight is 426 g/mol. The first-order valence-electron chi connectivity index (χ1n) is 9.80. The van der Waals surface area contributed by atoms with Crippen molar-refractivity contribution in [1.82, 2.24) is 4.57 Å². The van der Waals surface area contributed by atoms with Crippen LogP contribution in [0.15, 0.2) is 101 Å². The zero-order valence-corrected chi connectivity index (χ0v) is 17.3. The molecule has 6 heteroatoms. The number of furan rings is 1. The summed E-state index contributed by atoms with van der Waals surface area (Å²) in [5.41, 5.74) is 2.51. The number of nitrogens with one attached hydrogen (secondary N) is 1. The summed E-state index contributed by atoms with van der Waals surface area (Å²) < 4.78 is 6.90. The maximum Gasteiger partial charge on any atom is 0.291 e. The van der Waals surface area contributed by atoms with Gasteiger partial charge in [-0.2, -0.15) is 0 Å². The van der Waals surface area contributed by atoms with E-state index in [4.69, 9.17) is 4.42 Å². The summed E-state index contributed by atoms with van der Waals surface area (Å²) in [7, 11) is 0. The molecule has 5 aromatic rings. The van der Waals surface area contributed by atoms with E-state index >= 15 is 0 Å². The lowest BCUT2D eigenvalue weighted by atomic mass is 10.2. The molecule has 0 aliphatic rings. The van der Waals surface area contributed by atoms with Crippen LogP contribution in [0.5, 0.6) is 0 Å². The van der Waals surface area contributed by atoms with E-state index < -0.39 is 0 Å². The second-order valence-electron chi connectivity index (χ2n) is 7.01. The Morgan fingerprint density at radius 3 is 2.06 bits per heavy atom. The predicted octanol–water partition coefficient (Wildman–Crippen LogP) is 6.07. The first kappa shape index (κ1) is 19.2. The molecule has 5 rings (SSSR count). The number of fused-ring (bicyclic) bond motifs is 3. The Bertz CT molecular complexity index is 1330. The van der Waals surface area contributed by atoms with Crippen molar-refractivity contribution in [2.24, 2.45) is 0 Å². The number of benzene rings is 3. The van der Waals surface area contributed by atoms with Crippen LogP contribution in [0.3, 0.4) is 0 Å². The number of nitrogens with zero attached hydrogens (tertiary/aromatic N) is 1. The molecule has 1 N–H and O–H groups in total. The number of rotatable bonds is 5. The lowest BCUT2D eigenvalue weighted by Crippen LogP contribution is -2.12. The Hall–Kier alpha value is -3.77. The van der Waals surface area contributed by atoms with E-state index in [2.05, 4.69) is 5.32 Å². The number of carbonyl (C=O) groups is 2. The number of aromatic nitrogens is 1. The van der Waals surface area contributed by atoms with Crippen LogP contribution in [0.2, 0.25) is 0 Å². The van der Waals surface area contributed by atoms with E-state index in [0.717, 1.165) is 26.7 Å². The fourth-order valence-electron chi connectivity index (χ4n) is 3.64. The van der Waals surface area contributed by atoms with Crippen LogP contribution >= 0.6 is 11.8 Å². The van der Waals surface area contributed by atoms with Gasteiger partial charge in [-0.3, -0.25) is 14.2 Å². The summed E-state index contributed by atoms with van der Waals surface area (Å²) in [6.45, 7) is 0. The fraction of sp³-hybridized carbons (Fsp3) is 0.0400. The van der Waals surface area contributed by atoms with Gasteiger partial charge < -0.3 is 9.73 Å². The van der Waals surface area contributed by atoms with Crippen LogP contribution in [0, 0.1) is 0 Å². The third kappa shape index (κ3) is 3.73. The van der Waals surface area contributed by atoms with E-state index in [-0.39, 0.29) is 17.6 Å². The Kier molecular flexibility index (Phi) is 5.06. The predicted molar refractivity (Wildman–Crippen MR) is 124 cm³/mol. The topological polar surface area (TPSA) is 64.2 Å². The maximum atomic E-state index is 13.1. The van der Waals surface area contributed by atoms with Gasteiger partial charge in [-0.15, -0.1) is 11.8 Å². The second-order valence-corrected chi connectivity index (χ2v) is 8.06. The normalized spacial score (nSPS) is 11.1. The van der Waals surface area contributed by atoms with Crippen molar-refractivity contribution >= 4 is 51.1 Å². The summed E-state index contributed by atoms with van der Waals surface area (Å²) in [5.74, 6) is 0.292. The van der Waals surface area contributed by atoms with Gasteiger partial charge in [0.05, 0.1) is 23.0 Å². The molecule has 0 aliphatic carbocycles. The molecule has 0 radical (unpaired) electrons. The summed E-state index contributed by atoms with van der Waals surface area (Å²) in [6, 6.07) is 26.6. The van der Waals surface area contributed by atoms with Crippen LogP contribution < -0.4 is 5.32 Å². The standard InChI is InChI=1S/C25H18N2O3S/c28-24(27-21-8-3-1-6-19(21)20-7-2-4-9-22(20)27)16-31-18-13-11-17(12-14-18)26-25(29)23-10-5-15-30-23/h1-15H,16H2,(H,26,29). The van der Waals surface area contributed by atoms with Crippen molar-refractivity contribution in [1.29, 1.82) is 0 Å². The number of thioether (sulfide) groups is 1. The first-order chi connectivity index (χ1) is 15.2. The zero-order valence-electron chi connectivity index (χ0n) is 16.4. The largest absolute Gasteiger partial charge is 0.459 e. The summed E-state index contributed by atoms with van der Waals surface area (Å²) in [5, 5.41) is 4.94. The highest BCUT2D eigenvalue weighted by Crippen LogP contribution is 2.29. The zero-order chi connectivity index (χ0) is 21.2. The van der Waals surface area contributed by atoms with Crippen molar-refractivity contribution in [3.05, 3.63) is 97.0 Å². The summed E-state index contributed by atoms with van der Waals surface area (Å²) >= 11 is 1.47. The monoisotopic (exact) mass is 426 g/mol. The Balaban J connectivity index is 1.31. The molecular weight excluding hydrogens is 408 g/mol. The van der Waals surface area contributed by atoms with E-state index in [1.807, 2.05) is 72.8 Å². The SMILES string of the molecule is O=C(Nc1ccc(SCC(=O)n2c3ccccc3c3ccccc32)cc1)c1ccco1. The Labute approximate surface area is 182 Å². The molecule has 0 unspecified atom stereocenters. The molecule has 0 aliphatic heterocycles. The maximum absolute atomic E-state index is 13.1. The van der Waals surface area contributed by atoms with Crippen molar-refractivity contribution in [3.63, 3.8) is 0 Å². The minimum Gasteiger partial charge on any atom is -0.459 e. The third-order valence-corrected chi connectivity index (χ3v) is 6.05. The number of para-hydroxylation sites is 2. The molecule has 0 spiro atoms. The lowest BCUT2D eigenvalue weighted by Gasteiger charge is -2.07. The number of amides is 1. The van der Waals surface area contributed by atoms with Crippen LogP contribution in [0.25, 0.3) is 21.8 Å². The van der Waals surface area contributed by atoms with E-state index in [1.54, 1.807) is 16.7 Å². The van der Waals surface area contributed by atoms with Crippen molar-refractivity contribution in [2.75, 3.05) is 11.1 Å². The van der Waals surface area contributed by atoms with Gasteiger partial charge in [0, 0.05) is 21.4 Å². The molecule has 0 saturated carbocycles. The number of hydrogen-bond acceptors (Lipinski definition) is 4. The smallest absolute Gasteiger partial charge is 0.291 e. The molecule has 5 nitrogen and oxygen atoms in total. The summed E-state index contributed by atoms with van der Waals surface area (Å²) in [4.78, 5) is 26.1. The minimum absolute atomic E-state index is 0.0256. The highest BCUT2D eigenvalue weighted by atomic mass is 32.2. The molecule has 0 atom stereocenters. The number of anilines is 1. The second kappa shape index (κ2) is 8.16. The molecule has 0 saturated heterocycles. The Morgan fingerprint density at radius 2 is 1.45 bits per heavy atom. The molecule has 0 bridgehead atoms. The van der Waals surface area contributed by atoms with E-state index in [9.17, 15) is 9.59 Å². The number of hydrogen-bond donors (Lipinski definition) is 1. The van der Waals surface area contributed by atoms with E-state index in [1.165, 1.54) is 18.0 Å². The molecule has 2 heterocycles. The van der Waals surface area contributed by atoms with Gasteiger partial charge in [0.2, 0.25) is 5.91 Å². The minimum atomic E-state index is -0.299. The highest BCUT2D eigenvalue weighted by Gasteiger charge is 2.15. The van der Waals surface area contributed by atoms with Crippen LogP contribution in [0.1, 0.15) is 15.3 Å². The fourth-order valence-corrected chi connectivity index (χ4v) is 4.38. The van der Waals surface area contributed by atoms with Gasteiger partial charge in [-0.25, -0.2) is 0 Å². The quantitative estimate of drug-likeness (QED) is 0.346. The van der Waals surface area contributed by atoms with Crippen molar-refractivity contribution in [2.45, 2.75) is 4.90 Å². The molecule has 152 valence electrons. The lowest BCUT2D eigenvalue weighted by molar-refractivity contribution is 0.0950. The van der Waals surface area contributed by atoms with Gasteiger partial charge >= 0.3 is 0 Å². The van der Waals surface area contributed by atoms with Gasteiger partial charge in [0.1, 0.15) is 0 Å². The molecule has 3 aromatic carbocycles. The molecule has 2 aromatic heterocycles. The molecule has 1 amide bonds. The van der Waals surface area contributed by atoms with Gasteiger partial charge in [0.15, 0.2) is 5.76 Å². The summed E-state index contributed by atoms with van der Waals surface area (Å²) in [6.07, 6.45) is 1.46. The van der Waals surface area contributed by atoms with Crippen LogP contribution in [0.4, 0.5) is 5.69 Å². The molecular formula is C25H18N2O3S. The number of carbonyl (C=O) groups excluding carboxylic acids is 2. The average Bonchev–Trinajstić information content (AvgIpc) is 3.45. The highest BCUT2D eigenvalue weighted by molar-refractivity contribution is 8.00. The first-order valence-corrected chi connectivity index (χ1v) is 10.8. The molecule has 0 fully saturated rings. The van der Waals surface area contributed by atoms with Gasteiger partial charge in [-0.1, -0.05) is 36.4 Å². The Morgan fingerprint density at radius 1 is 0.806 bits per heavy atom. The third-order valence-electron chi connectivity index (χ3n) is 5.05. The van der Waals surface area contributed by atoms with Crippen LogP contribution in [-0.4, -0.2) is 22.1 Å². The van der Waals surface area contributed by atoms with Crippen LogP contribution in [-0.2, 0) is 0 Å². The van der Waals surface area contributed by atoms with Crippen molar-refractivity contribution in [3.8, 4) is 0 Å².